The molecule has 0 fully saturated rings. The molecule has 0 atom stereocenters. The summed E-state index contributed by atoms with van der Waals surface area (Å²) in [6.07, 6.45) is 0.980. The van der Waals surface area contributed by atoms with Crippen molar-refractivity contribution in [2.75, 3.05) is 13.6 Å². The molecule has 0 radical (unpaired) electrons. The lowest BCUT2D eigenvalue weighted by Crippen LogP contribution is -2.25. The van der Waals surface area contributed by atoms with Crippen LogP contribution in [0.3, 0.4) is 0 Å². The van der Waals surface area contributed by atoms with Gasteiger partial charge in [0.2, 0.25) is 0 Å². The standard InChI is InChI=1S/C8H13NO/c1-4-6-8(10)9(3)7-5-2/h5,7H2,1-3H3. The molecule has 0 aromatic rings. The van der Waals surface area contributed by atoms with Crippen molar-refractivity contribution in [3.8, 4) is 11.8 Å². The monoisotopic (exact) mass is 139 g/mol. The Morgan fingerprint density at radius 2 is 2.20 bits per heavy atom. The number of hydrogen-bond donors (Lipinski definition) is 0. The van der Waals surface area contributed by atoms with Gasteiger partial charge in [0, 0.05) is 13.6 Å². The molecule has 10 heavy (non-hydrogen) atoms. The molecule has 0 aromatic carbocycles. The maximum absolute atomic E-state index is 10.9. The second kappa shape index (κ2) is 4.87. The Bertz CT molecular complexity index is 164. The third-order valence-electron chi connectivity index (χ3n) is 1.14. The number of nitrogens with zero attached hydrogens (tertiary/aromatic N) is 1. The fraction of sp³-hybridized carbons (Fsp3) is 0.625. The summed E-state index contributed by atoms with van der Waals surface area (Å²) in [5, 5.41) is 0. The summed E-state index contributed by atoms with van der Waals surface area (Å²) >= 11 is 0. The molecular weight excluding hydrogens is 126 g/mol. The van der Waals surface area contributed by atoms with Gasteiger partial charge in [0.1, 0.15) is 0 Å². The summed E-state index contributed by atoms with van der Waals surface area (Å²) in [5.41, 5.74) is 0. The highest BCUT2D eigenvalue weighted by Crippen LogP contribution is 1.85. The van der Waals surface area contributed by atoms with Gasteiger partial charge in [-0.3, -0.25) is 4.79 Å². The van der Waals surface area contributed by atoms with Crippen molar-refractivity contribution in [3.05, 3.63) is 0 Å². The van der Waals surface area contributed by atoms with E-state index in [4.69, 9.17) is 0 Å². The highest BCUT2D eigenvalue weighted by molar-refractivity contribution is 5.93. The molecule has 0 aliphatic carbocycles. The molecule has 0 spiro atoms. The molecule has 0 bridgehead atoms. The van der Waals surface area contributed by atoms with E-state index in [0.29, 0.717) is 0 Å². The van der Waals surface area contributed by atoms with Crippen molar-refractivity contribution >= 4 is 5.91 Å². The molecule has 56 valence electrons. The molecule has 0 saturated heterocycles. The molecule has 0 rings (SSSR count). The molecule has 2 nitrogen and oxygen atoms in total. The molecule has 0 aromatic heterocycles. The zero-order chi connectivity index (χ0) is 7.98. The first-order valence-corrected chi connectivity index (χ1v) is 3.40. The molecule has 1 amide bonds. The first-order valence-electron chi connectivity index (χ1n) is 3.40. The van der Waals surface area contributed by atoms with Gasteiger partial charge in [-0.15, -0.1) is 0 Å². The maximum atomic E-state index is 10.9. The van der Waals surface area contributed by atoms with E-state index in [9.17, 15) is 4.79 Å². The molecule has 2 heteroatoms. The smallest absolute Gasteiger partial charge is 0.298 e. The predicted octanol–water partition coefficient (Wildman–Crippen LogP) is 0.878. The molecular formula is C8H13NO. The van der Waals surface area contributed by atoms with Gasteiger partial charge in [-0.05, 0) is 19.3 Å². The number of amides is 1. The van der Waals surface area contributed by atoms with Crippen LogP contribution in [0.15, 0.2) is 0 Å². The number of carbonyl (C=O) groups excluding carboxylic acids is 1. The van der Waals surface area contributed by atoms with Crippen LogP contribution >= 0.6 is 0 Å². The molecule has 0 aliphatic heterocycles. The van der Waals surface area contributed by atoms with Gasteiger partial charge in [0.15, 0.2) is 0 Å². The number of rotatable bonds is 2. The van der Waals surface area contributed by atoms with Gasteiger partial charge in [-0.1, -0.05) is 12.8 Å². The van der Waals surface area contributed by atoms with E-state index in [1.807, 2.05) is 6.92 Å². The van der Waals surface area contributed by atoms with Crippen LogP contribution in [0.2, 0.25) is 0 Å². The molecule has 0 saturated carbocycles. The van der Waals surface area contributed by atoms with Crippen molar-refractivity contribution in [2.45, 2.75) is 20.3 Å². The van der Waals surface area contributed by atoms with Crippen molar-refractivity contribution < 1.29 is 4.79 Å². The Balaban J connectivity index is 3.78. The first-order chi connectivity index (χ1) is 4.72. The van der Waals surface area contributed by atoms with Crippen molar-refractivity contribution in [1.82, 2.24) is 4.90 Å². The Morgan fingerprint density at radius 3 is 2.60 bits per heavy atom. The van der Waals surface area contributed by atoms with Gasteiger partial charge >= 0.3 is 0 Å². The van der Waals surface area contributed by atoms with Gasteiger partial charge in [0.05, 0.1) is 0 Å². The number of hydrogen-bond acceptors (Lipinski definition) is 1. The molecule has 0 aliphatic rings. The summed E-state index contributed by atoms with van der Waals surface area (Å²) in [5.74, 6) is 4.94. The van der Waals surface area contributed by atoms with Gasteiger partial charge in [-0.25, -0.2) is 0 Å². The van der Waals surface area contributed by atoms with E-state index in [-0.39, 0.29) is 5.91 Å². The third-order valence-corrected chi connectivity index (χ3v) is 1.14. The minimum atomic E-state index is -0.0932. The molecule has 0 heterocycles. The minimum Gasteiger partial charge on any atom is -0.335 e. The normalized spacial score (nSPS) is 7.90. The second-order valence-electron chi connectivity index (χ2n) is 2.10. The topological polar surface area (TPSA) is 20.3 Å². The first kappa shape index (κ1) is 9.03. The van der Waals surface area contributed by atoms with Crippen molar-refractivity contribution in [1.29, 1.82) is 0 Å². The second-order valence-corrected chi connectivity index (χ2v) is 2.10. The fourth-order valence-electron chi connectivity index (χ4n) is 0.639. The summed E-state index contributed by atoms with van der Waals surface area (Å²) < 4.78 is 0. The quantitative estimate of drug-likeness (QED) is 0.520. The Kier molecular flexibility index (Phi) is 4.39. The Labute approximate surface area is 62.2 Å². The van der Waals surface area contributed by atoms with E-state index in [0.717, 1.165) is 13.0 Å². The van der Waals surface area contributed by atoms with E-state index in [1.165, 1.54) is 0 Å². The summed E-state index contributed by atoms with van der Waals surface area (Å²) in [4.78, 5) is 12.5. The Morgan fingerprint density at radius 1 is 1.60 bits per heavy atom. The van der Waals surface area contributed by atoms with E-state index in [2.05, 4.69) is 11.8 Å². The van der Waals surface area contributed by atoms with Gasteiger partial charge in [0.25, 0.3) is 5.91 Å². The summed E-state index contributed by atoms with van der Waals surface area (Å²) in [6.45, 7) is 4.48. The average Bonchev–Trinajstić information content (AvgIpc) is 1.89. The van der Waals surface area contributed by atoms with E-state index in [1.54, 1.807) is 18.9 Å². The van der Waals surface area contributed by atoms with Crippen LogP contribution in [-0.4, -0.2) is 24.4 Å². The van der Waals surface area contributed by atoms with Gasteiger partial charge < -0.3 is 4.90 Å². The zero-order valence-electron chi connectivity index (χ0n) is 6.77. The largest absolute Gasteiger partial charge is 0.335 e. The molecule has 0 unspecified atom stereocenters. The van der Waals surface area contributed by atoms with Crippen LogP contribution < -0.4 is 0 Å². The van der Waals surface area contributed by atoms with E-state index < -0.39 is 0 Å². The Hall–Kier alpha value is -0.970. The van der Waals surface area contributed by atoms with Gasteiger partial charge in [-0.2, -0.15) is 0 Å². The number of carbonyl (C=O) groups is 1. The predicted molar refractivity (Wildman–Crippen MR) is 41.4 cm³/mol. The zero-order valence-corrected chi connectivity index (χ0v) is 6.77. The third kappa shape index (κ3) is 3.13. The van der Waals surface area contributed by atoms with Crippen LogP contribution in [0.25, 0.3) is 0 Å². The lowest BCUT2D eigenvalue weighted by atomic mass is 10.4. The van der Waals surface area contributed by atoms with Crippen LogP contribution in [0.4, 0.5) is 0 Å². The molecule has 0 N–H and O–H groups in total. The van der Waals surface area contributed by atoms with Crippen LogP contribution in [0.1, 0.15) is 20.3 Å². The maximum Gasteiger partial charge on any atom is 0.298 e. The summed E-state index contributed by atoms with van der Waals surface area (Å²) in [7, 11) is 1.76. The van der Waals surface area contributed by atoms with Crippen molar-refractivity contribution in [3.63, 3.8) is 0 Å². The van der Waals surface area contributed by atoms with Crippen molar-refractivity contribution in [2.24, 2.45) is 0 Å². The highest BCUT2D eigenvalue weighted by atomic mass is 16.2. The summed E-state index contributed by atoms with van der Waals surface area (Å²) in [6, 6.07) is 0. The highest BCUT2D eigenvalue weighted by Gasteiger charge is 2.00. The average molecular weight is 139 g/mol. The SMILES string of the molecule is CC#CC(=O)N(C)CCC. The lowest BCUT2D eigenvalue weighted by Gasteiger charge is -2.10. The van der Waals surface area contributed by atoms with Crippen LogP contribution in [-0.2, 0) is 4.79 Å². The lowest BCUT2D eigenvalue weighted by molar-refractivity contribution is -0.123. The van der Waals surface area contributed by atoms with Crippen LogP contribution in [0, 0.1) is 11.8 Å². The van der Waals surface area contributed by atoms with Crippen LogP contribution in [0.5, 0.6) is 0 Å². The van der Waals surface area contributed by atoms with E-state index >= 15 is 0 Å². The fourth-order valence-corrected chi connectivity index (χ4v) is 0.639. The minimum absolute atomic E-state index is 0.0932.